The number of nitrogens with zero attached hydrogens (tertiary/aromatic N) is 2. The van der Waals surface area contributed by atoms with Crippen molar-refractivity contribution >= 4 is 8.30 Å². The van der Waals surface area contributed by atoms with Gasteiger partial charge in [0.2, 0.25) is 0 Å². The van der Waals surface area contributed by atoms with Gasteiger partial charge in [0.25, 0.3) is 0 Å². The second-order valence-electron chi connectivity index (χ2n) is 5.18. The molecule has 4 nitrogen and oxygen atoms in total. The first kappa shape index (κ1) is 13.8. The van der Waals surface area contributed by atoms with Crippen molar-refractivity contribution in [2.45, 2.75) is 45.1 Å². The van der Waals surface area contributed by atoms with Crippen LogP contribution in [0, 0.1) is 17.2 Å². The van der Waals surface area contributed by atoms with Crippen LogP contribution in [0.4, 0.5) is 0 Å². The molecule has 0 aromatic carbocycles. The SMILES string of the molecule is [3H][C@H]1C[C@H](CP(OCCC#N)N2CCCC2)[C@@H](CC)O1. The van der Waals surface area contributed by atoms with Crippen LogP contribution in [-0.2, 0) is 9.26 Å². The van der Waals surface area contributed by atoms with E-state index in [0.717, 1.165) is 32.1 Å². The zero-order chi connectivity index (χ0) is 14.4. The van der Waals surface area contributed by atoms with Crippen LogP contribution in [0.3, 0.4) is 0 Å². The molecule has 1 unspecified atom stereocenters. The van der Waals surface area contributed by atoms with Crippen LogP contribution < -0.4 is 0 Å². The highest BCUT2D eigenvalue weighted by molar-refractivity contribution is 7.50. The lowest BCUT2D eigenvalue weighted by molar-refractivity contribution is 0.0911. The molecule has 0 bridgehead atoms. The third kappa shape index (κ3) is 4.39. The Morgan fingerprint density at radius 3 is 3.00 bits per heavy atom. The van der Waals surface area contributed by atoms with E-state index in [1.807, 2.05) is 0 Å². The van der Waals surface area contributed by atoms with Gasteiger partial charge in [-0.1, -0.05) is 6.92 Å². The lowest BCUT2D eigenvalue weighted by atomic mass is 10.0. The molecule has 2 saturated heterocycles. The van der Waals surface area contributed by atoms with Gasteiger partial charge < -0.3 is 9.26 Å². The van der Waals surface area contributed by atoms with Gasteiger partial charge in [0.1, 0.15) is 8.30 Å². The van der Waals surface area contributed by atoms with E-state index in [1.165, 1.54) is 12.8 Å². The van der Waals surface area contributed by atoms with E-state index in [9.17, 15) is 0 Å². The maximum Gasteiger partial charge on any atom is 0.104 e. The molecule has 4 atom stereocenters. The molecule has 0 saturated carbocycles. The number of nitriles is 1. The first-order valence-electron chi connectivity index (χ1n) is 7.92. The Balaban J connectivity index is 1.90. The van der Waals surface area contributed by atoms with Crippen LogP contribution in [0.25, 0.3) is 0 Å². The molecule has 2 aliphatic heterocycles. The van der Waals surface area contributed by atoms with Gasteiger partial charge in [-0.25, -0.2) is 0 Å². The second-order valence-corrected chi connectivity index (χ2v) is 7.08. The van der Waals surface area contributed by atoms with E-state index in [4.69, 9.17) is 15.9 Å². The summed E-state index contributed by atoms with van der Waals surface area (Å²) >= 11 is 0. The van der Waals surface area contributed by atoms with Gasteiger partial charge in [-0.3, -0.25) is 4.67 Å². The Bertz CT molecular complexity index is 334. The molecule has 108 valence electrons. The number of ether oxygens (including phenoxy) is 1. The highest BCUT2D eigenvalue weighted by atomic mass is 31.2. The van der Waals surface area contributed by atoms with Gasteiger partial charge in [0.15, 0.2) is 0 Å². The minimum Gasteiger partial charge on any atom is -0.378 e. The van der Waals surface area contributed by atoms with E-state index in [-0.39, 0.29) is 12.7 Å². The Morgan fingerprint density at radius 2 is 2.32 bits per heavy atom. The summed E-state index contributed by atoms with van der Waals surface area (Å²) in [5.74, 6) is 0.441. The van der Waals surface area contributed by atoms with Crippen molar-refractivity contribution in [1.29, 1.82) is 5.26 Å². The van der Waals surface area contributed by atoms with E-state index in [1.54, 1.807) is 0 Å². The topological polar surface area (TPSA) is 45.5 Å². The van der Waals surface area contributed by atoms with Crippen molar-refractivity contribution < 1.29 is 10.6 Å². The molecular formula is C14H25N2O2P. The molecule has 0 radical (unpaired) electrons. The largest absolute Gasteiger partial charge is 0.378 e. The summed E-state index contributed by atoms with van der Waals surface area (Å²) in [6, 6.07) is 2.15. The van der Waals surface area contributed by atoms with Crippen LogP contribution >= 0.6 is 8.30 Å². The second kappa shape index (κ2) is 8.17. The summed E-state index contributed by atoms with van der Waals surface area (Å²) in [5, 5.41) is 8.66. The van der Waals surface area contributed by atoms with E-state index < -0.39 is 8.30 Å². The Labute approximate surface area is 119 Å². The minimum absolute atomic E-state index is 0.213. The third-order valence-electron chi connectivity index (χ3n) is 3.84. The predicted octanol–water partition coefficient (Wildman–Crippen LogP) is 3.14. The summed E-state index contributed by atoms with van der Waals surface area (Å²) < 4.78 is 21.9. The van der Waals surface area contributed by atoms with Crippen LogP contribution in [-0.4, -0.2) is 43.2 Å². The smallest absolute Gasteiger partial charge is 0.104 e. The Morgan fingerprint density at radius 1 is 1.53 bits per heavy atom. The fourth-order valence-electron chi connectivity index (χ4n) is 2.76. The molecule has 2 rings (SSSR count). The first-order valence-corrected chi connectivity index (χ1v) is 8.74. The zero-order valence-corrected chi connectivity index (χ0v) is 12.6. The van der Waals surface area contributed by atoms with E-state index in [0.29, 0.717) is 18.9 Å². The Kier molecular flexibility index (Phi) is 5.92. The number of hydrogen-bond donors (Lipinski definition) is 0. The molecule has 0 aromatic heterocycles. The third-order valence-corrected chi connectivity index (χ3v) is 6.13. The lowest BCUT2D eigenvalue weighted by Gasteiger charge is -2.30. The van der Waals surface area contributed by atoms with Crippen LogP contribution in [0.2, 0.25) is 0 Å². The van der Waals surface area contributed by atoms with Crippen LogP contribution in [0.5, 0.6) is 0 Å². The van der Waals surface area contributed by atoms with E-state index >= 15 is 0 Å². The normalized spacial score (nSPS) is 34.1. The molecule has 0 spiro atoms. The van der Waals surface area contributed by atoms with Gasteiger partial charge in [-0.2, -0.15) is 5.26 Å². The molecule has 0 aromatic rings. The summed E-state index contributed by atoms with van der Waals surface area (Å²) in [7, 11) is -0.617. The van der Waals surface area contributed by atoms with Crippen molar-refractivity contribution in [1.82, 2.24) is 4.67 Å². The molecule has 19 heavy (non-hydrogen) atoms. The number of rotatable bonds is 7. The van der Waals surface area contributed by atoms with E-state index in [2.05, 4.69) is 17.7 Å². The average Bonchev–Trinajstić information content (AvgIpc) is 3.07. The van der Waals surface area contributed by atoms with Gasteiger partial charge in [-0.15, -0.1) is 0 Å². The van der Waals surface area contributed by atoms with Gasteiger partial charge in [-0.05, 0) is 31.6 Å². The minimum atomic E-state index is -0.617. The molecule has 2 aliphatic rings. The zero-order valence-electron chi connectivity index (χ0n) is 12.8. The maximum absolute atomic E-state index is 8.66. The highest BCUT2D eigenvalue weighted by Gasteiger charge is 2.32. The molecule has 5 heteroatoms. The van der Waals surface area contributed by atoms with Crippen molar-refractivity contribution in [3.8, 4) is 6.07 Å². The maximum atomic E-state index is 8.66. The summed E-state index contributed by atoms with van der Waals surface area (Å²) in [6.45, 7) is 4.54. The monoisotopic (exact) mass is 286 g/mol. The van der Waals surface area contributed by atoms with Crippen molar-refractivity contribution in [2.24, 2.45) is 5.92 Å². The van der Waals surface area contributed by atoms with Gasteiger partial charge >= 0.3 is 0 Å². The number of hydrogen-bond acceptors (Lipinski definition) is 4. The summed E-state index contributed by atoms with van der Waals surface area (Å²) in [6.07, 6.45) is 5.97. The lowest BCUT2D eigenvalue weighted by Crippen LogP contribution is -2.24. The highest BCUT2D eigenvalue weighted by Crippen LogP contribution is 2.47. The van der Waals surface area contributed by atoms with Crippen molar-refractivity contribution in [2.75, 3.05) is 32.4 Å². The summed E-state index contributed by atoms with van der Waals surface area (Å²) in [4.78, 5) is 0. The van der Waals surface area contributed by atoms with Crippen LogP contribution in [0.15, 0.2) is 0 Å². The first-order chi connectivity index (χ1) is 9.74. The predicted molar refractivity (Wildman–Crippen MR) is 76.9 cm³/mol. The molecule has 2 heterocycles. The molecule has 0 N–H and O–H groups in total. The van der Waals surface area contributed by atoms with Gasteiger partial charge in [0.05, 0.1) is 26.6 Å². The van der Waals surface area contributed by atoms with Crippen molar-refractivity contribution in [3.63, 3.8) is 0 Å². The Hall–Kier alpha value is -0.200. The molecule has 0 amide bonds. The van der Waals surface area contributed by atoms with Crippen LogP contribution in [0.1, 0.15) is 40.4 Å². The van der Waals surface area contributed by atoms with Gasteiger partial charge in [0, 0.05) is 25.8 Å². The molecule has 2 fully saturated rings. The quantitative estimate of drug-likeness (QED) is 0.533. The fraction of sp³-hybridized carbons (Fsp3) is 0.929. The van der Waals surface area contributed by atoms with Crippen molar-refractivity contribution in [3.05, 3.63) is 0 Å². The average molecular weight is 286 g/mol. The molecular weight excluding hydrogens is 259 g/mol. The standard InChI is InChI=1S/C14H25N2O2P/c1-2-14-13(6-11-17-14)12-19(18-10-5-7-15)16-8-3-4-9-16/h13-14H,2-6,8-12H2,1H3/t13-,14-,19?/m1/s1/i11T/t11-,13+,14+,19?/m0. The fourth-order valence-corrected chi connectivity index (χ4v) is 5.07. The molecule has 0 aliphatic carbocycles. The summed E-state index contributed by atoms with van der Waals surface area (Å²) in [5.41, 5.74) is 0.